The molecule has 2 nitrogen and oxygen atoms in total. The second-order valence-electron chi connectivity index (χ2n) is 4.14. The number of fused-ring (bicyclic) bond motifs is 1. The molecule has 1 atom stereocenters. The van der Waals surface area contributed by atoms with Crippen molar-refractivity contribution in [2.45, 2.75) is 26.2 Å². The third-order valence-corrected chi connectivity index (χ3v) is 2.84. The molecule has 2 rings (SSSR count). The number of aryl methyl sites for hydroxylation is 1. The van der Waals surface area contributed by atoms with Crippen LogP contribution in [0.2, 0.25) is 0 Å². The Bertz CT molecular complexity index is 369. The molecule has 1 aliphatic rings. The van der Waals surface area contributed by atoms with Gasteiger partial charge in [0.2, 0.25) is 0 Å². The Labute approximate surface area is 83.6 Å². The monoisotopic (exact) mass is 190 g/mol. The SMILES string of the molecule is Cc1ccc2c(c1)CC(CC(=O)O)C2. The quantitative estimate of drug-likeness (QED) is 0.776. The lowest BCUT2D eigenvalue weighted by atomic mass is 10.0. The van der Waals surface area contributed by atoms with Crippen LogP contribution in [-0.2, 0) is 17.6 Å². The van der Waals surface area contributed by atoms with E-state index in [0.29, 0.717) is 12.3 Å². The van der Waals surface area contributed by atoms with E-state index in [1.165, 1.54) is 16.7 Å². The Morgan fingerprint density at radius 2 is 2.14 bits per heavy atom. The molecule has 0 spiro atoms. The summed E-state index contributed by atoms with van der Waals surface area (Å²) < 4.78 is 0. The summed E-state index contributed by atoms with van der Waals surface area (Å²) in [6, 6.07) is 6.41. The molecule has 0 aliphatic heterocycles. The third kappa shape index (κ3) is 1.79. The van der Waals surface area contributed by atoms with E-state index in [9.17, 15) is 4.79 Å². The molecular weight excluding hydrogens is 176 g/mol. The highest BCUT2D eigenvalue weighted by Crippen LogP contribution is 2.29. The van der Waals surface area contributed by atoms with Gasteiger partial charge >= 0.3 is 5.97 Å². The largest absolute Gasteiger partial charge is 0.481 e. The number of hydrogen-bond acceptors (Lipinski definition) is 1. The van der Waals surface area contributed by atoms with Gasteiger partial charge in [0.25, 0.3) is 0 Å². The molecule has 0 aromatic heterocycles. The van der Waals surface area contributed by atoms with Crippen molar-refractivity contribution < 1.29 is 9.90 Å². The molecule has 1 unspecified atom stereocenters. The average molecular weight is 190 g/mol. The van der Waals surface area contributed by atoms with Gasteiger partial charge in [-0.2, -0.15) is 0 Å². The van der Waals surface area contributed by atoms with Crippen molar-refractivity contribution in [1.82, 2.24) is 0 Å². The first kappa shape index (κ1) is 9.25. The van der Waals surface area contributed by atoms with E-state index in [2.05, 4.69) is 25.1 Å². The van der Waals surface area contributed by atoms with Crippen molar-refractivity contribution in [3.8, 4) is 0 Å². The fraction of sp³-hybridized carbons (Fsp3) is 0.417. The third-order valence-electron chi connectivity index (χ3n) is 2.84. The zero-order valence-electron chi connectivity index (χ0n) is 8.29. The van der Waals surface area contributed by atoms with E-state index >= 15 is 0 Å². The summed E-state index contributed by atoms with van der Waals surface area (Å²) in [4.78, 5) is 10.6. The van der Waals surface area contributed by atoms with Crippen molar-refractivity contribution in [3.63, 3.8) is 0 Å². The Balaban J connectivity index is 2.14. The number of rotatable bonds is 2. The van der Waals surface area contributed by atoms with E-state index in [-0.39, 0.29) is 0 Å². The minimum atomic E-state index is -0.681. The summed E-state index contributed by atoms with van der Waals surface area (Å²) in [5.74, 6) is -0.371. The molecule has 14 heavy (non-hydrogen) atoms. The molecule has 2 heteroatoms. The first-order chi connectivity index (χ1) is 6.65. The number of hydrogen-bond donors (Lipinski definition) is 1. The van der Waals surface area contributed by atoms with Crippen molar-refractivity contribution in [2.75, 3.05) is 0 Å². The second-order valence-corrected chi connectivity index (χ2v) is 4.14. The van der Waals surface area contributed by atoms with Crippen LogP contribution in [0.4, 0.5) is 0 Å². The molecule has 0 heterocycles. The van der Waals surface area contributed by atoms with Gasteiger partial charge in [0.05, 0.1) is 0 Å². The highest BCUT2D eigenvalue weighted by Gasteiger charge is 2.23. The van der Waals surface area contributed by atoms with Crippen LogP contribution in [0.25, 0.3) is 0 Å². The smallest absolute Gasteiger partial charge is 0.303 e. The number of aliphatic carboxylic acids is 1. The van der Waals surface area contributed by atoms with Crippen molar-refractivity contribution in [3.05, 3.63) is 34.9 Å². The summed E-state index contributed by atoms with van der Waals surface area (Å²) in [6.07, 6.45) is 2.17. The lowest BCUT2D eigenvalue weighted by Gasteiger charge is -2.02. The topological polar surface area (TPSA) is 37.3 Å². The van der Waals surface area contributed by atoms with E-state index in [0.717, 1.165) is 12.8 Å². The van der Waals surface area contributed by atoms with Gasteiger partial charge in [-0.3, -0.25) is 4.79 Å². The minimum absolute atomic E-state index is 0.299. The van der Waals surface area contributed by atoms with Gasteiger partial charge in [0.1, 0.15) is 0 Å². The van der Waals surface area contributed by atoms with Gasteiger partial charge in [-0.15, -0.1) is 0 Å². The number of carboxylic acid groups (broad SMARTS) is 1. The second kappa shape index (κ2) is 3.45. The molecule has 0 amide bonds. The molecule has 0 saturated heterocycles. The number of benzene rings is 1. The van der Waals surface area contributed by atoms with Crippen LogP contribution in [-0.4, -0.2) is 11.1 Å². The fourth-order valence-corrected chi connectivity index (χ4v) is 2.23. The summed E-state index contributed by atoms with van der Waals surface area (Å²) in [5, 5.41) is 8.71. The van der Waals surface area contributed by atoms with Gasteiger partial charge in [0.15, 0.2) is 0 Å². The minimum Gasteiger partial charge on any atom is -0.481 e. The Hall–Kier alpha value is -1.31. The first-order valence-corrected chi connectivity index (χ1v) is 4.95. The Morgan fingerprint density at radius 1 is 1.43 bits per heavy atom. The van der Waals surface area contributed by atoms with E-state index in [4.69, 9.17) is 5.11 Å². The molecule has 1 N–H and O–H groups in total. The molecule has 0 radical (unpaired) electrons. The molecule has 1 aromatic rings. The summed E-state index contributed by atoms with van der Waals surface area (Å²) in [5.41, 5.74) is 3.94. The maximum Gasteiger partial charge on any atom is 0.303 e. The average Bonchev–Trinajstić information content (AvgIpc) is 2.44. The van der Waals surface area contributed by atoms with Crippen LogP contribution < -0.4 is 0 Å². The standard InChI is InChI=1S/C12H14O2/c1-8-2-3-10-5-9(7-12(13)14)6-11(10)4-8/h2-4,9H,5-7H2,1H3,(H,13,14). The lowest BCUT2D eigenvalue weighted by Crippen LogP contribution is -2.07. The van der Waals surface area contributed by atoms with Crippen LogP contribution in [0.15, 0.2) is 18.2 Å². The predicted molar refractivity (Wildman–Crippen MR) is 54.3 cm³/mol. The Kier molecular flexibility index (Phi) is 2.28. The van der Waals surface area contributed by atoms with Crippen molar-refractivity contribution >= 4 is 5.97 Å². The molecule has 0 saturated carbocycles. The van der Waals surface area contributed by atoms with E-state index in [1.54, 1.807) is 0 Å². The highest BCUT2D eigenvalue weighted by molar-refractivity contribution is 5.67. The molecule has 74 valence electrons. The van der Waals surface area contributed by atoms with Crippen LogP contribution in [0.3, 0.4) is 0 Å². The summed E-state index contributed by atoms with van der Waals surface area (Å²) in [6.45, 7) is 2.07. The zero-order chi connectivity index (χ0) is 10.1. The number of carboxylic acids is 1. The van der Waals surface area contributed by atoms with E-state index in [1.807, 2.05) is 0 Å². The first-order valence-electron chi connectivity index (χ1n) is 4.95. The van der Waals surface area contributed by atoms with Crippen LogP contribution >= 0.6 is 0 Å². The molecule has 1 aromatic carbocycles. The maximum absolute atomic E-state index is 10.6. The van der Waals surface area contributed by atoms with Crippen LogP contribution in [0.1, 0.15) is 23.1 Å². The fourth-order valence-electron chi connectivity index (χ4n) is 2.23. The van der Waals surface area contributed by atoms with E-state index < -0.39 is 5.97 Å². The molecule has 0 fully saturated rings. The summed E-state index contributed by atoms with van der Waals surface area (Å²) in [7, 11) is 0. The van der Waals surface area contributed by atoms with Gasteiger partial charge < -0.3 is 5.11 Å². The summed E-state index contributed by atoms with van der Waals surface area (Å²) >= 11 is 0. The van der Waals surface area contributed by atoms with Crippen molar-refractivity contribution in [2.24, 2.45) is 5.92 Å². The van der Waals surface area contributed by atoms with Gasteiger partial charge in [-0.1, -0.05) is 23.8 Å². The van der Waals surface area contributed by atoms with Gasteiger partial charge in [-0.25, -0.2) is 0 Å². The molecular formula is C12H14O2. The maximum atomic E-state index is 10.6. The molecule has 0 bridgehead atoms. The number of carbonyl (C=O) groups is 1. The normalized spacial score (nSPS) is 19.4. The van der Waals surface area contributed by atoms with Crippen LogP contribution in [0.5, 0.6) is 0 Å². The predicted octanol–water partition coefficient (Wildman–Crippen LogP) is 2.18. The van der Waals surface area contributed by atoms with Crippen LogP contribution in [0, 0.1) is 12.8 Å². The van der Waals surface area contributed by atoms with Crippen molar-refractivity contribution in [1.29, 1.82) is 0 Å². The Morgan fingerprint density at radius 3 is 2.86 bits per heavy atom. The zero-order valence-corrected chi connectivity index (χ0v) is 8.29. The van der Waals surface area contributed by atoms with Gasteiger partial charge in [-0.05, 0) is 36.8 Å². The lowest BCUT2D eigenvalue weighted by molar-refractivity contribution is -0.138. The highest BCUT2D eigenvalue weighted by atomic mass is 16.4. The molecule has 1 aliphatic carbocycles. The van der Waals surface area contributed by atoms with Gasteiger partial charge in [0, 0.05) is 6.42 Å².